The normalized spacial score (nSPS) is 16.6. The lowest BCUT2D eigenvalue weighted by Crippen LogP contribution is -2.46. The van der Waals surface area contributed by atoms with Gasteiger partial charge in [0.25, 0.3) is 0 Å². The second-order valence-corrected chi connectivity index (χ2v) is 3.70. The van der Waals surface area contributed by atoms with E-state index in [2.05, 4.69) is 21.8 Å². The Hall–Kier alpha value is -1.14. The molecule has 1 aromatic rings. The molecule has 0 aliphatic carbocycles. The molecule has 1 aliphatic heterocycles. The summed E-state index contributed by atoms with van der Waals surface area (Å²) in [5.41, 5.74) is 0.322. The van der Waals surface area contributed by atoms with Gasteiger partial charge in [0.05, 0.1) is 0 Å². The number of nitrogens with zero attached hydrogens (tertiary/aromatic N) is 3. The average molecular weight is 193 g/mol. The van der Waals surface area contributed by atoms with E-state index in [1.54, 1.807) is 0 Å². The van der Waals surface area contributed by atoms with Crippen LogP contribution >= 0.6 is 0 Å². The lowest BCUT2D eigenvalue weighted by atomic mass is 9.83. The summed E-state index contributed by atoms with van der Waals surface area (Å²) >= 11 is 0. The highest BCUT2D eigenvalue weighted by molar-refractivity contribution is 6.58. The fourth-order valence-corrected chi connectivity index (χ4v) is 1.49. The minimum absolute atomic E-state index is 0.322. The molecular formula is C8H12BN3O2. The molecule has 1 saturated heterocycles. The zero-order valence-corrected chi connectivity index (χ0v) is 7.96. The Balaban J connectivity index is 2.07. The molecule has 1 aliphatic rings. The molecule has 0 amide bonds. The van der Waals surface area contributed by atoms with Gasteiger partial charge in [0.1, 0.15) is 0 Å². The zero-order valence-electron chi connectivity index (χ0n) is 7.96. The Bertz CT molecular complexity index is 311. The van der Waals surface area contributed by atoms with Crippen LogP contribution in [0.1, 0.15) is 6.92 Å². The molecular weight excluding hydrogens is 181 g/mol. The first-order valence-electron chi connectivity index (χ1n) is 4.60. The van der Waals surface area contributed by atoms with Gasteiger partial charge in [0.2, 0.25) is 5.95 Å². The van der Waals surface area contributed by atoms with Crippen LogP contribution in [0.3, 0.4) is 0 Å². The summed E-state index contributed by atoms with van der Waals surface area (Å²) in [6.45, 7) is 4.12. The molecule has 0 bridgehead atoms. The molecule has 5 nitrogen and oxygen atoms in total. The average Bonchev–Trinajstić information content (AvgIpc) is 2.13. The maximum Gasteiger partial charge on any atom is 0.491 e. The molecule has 14 heavy (non-hydrogen) atoms. The summed E-state index contributed by atoms with van der Waals surface area (Å²) in [6, 6.07) is 0. The van der Waals surface area contributed by atoms with Crippen molar-refractivity contribution in [2.75, 3.05) is 18.0 Å². The van der Waals surface area contributed by atoms with Gasteiger partial charge in [-0.3, -0.25) is 0 Å². The van der Waals surface area contributed by atoms with Crippen LogP contribution in [0.25, 0.3) is 0 Å². The first-order valence-corrected chi connectivity index (χ1v) is 4.60. The summed E-state index contributed by atoms with van der Waals surface area (Å²) in [5.74, 6) is 1.36. The van der Waals surface area contributed by atoms with E-state index in [0.29, 0.717) is 17.3 Å². The Kier molecular flexibility index (Phi) is 2.39. The van der Waals surface area contributed by atoms with Gasteiger partial charge >= 0.3 is 7.12 Å². The van der Waals surface area contributed by atoms with Crippen molar-refractivity contribution >= 4 is 18.5 Å². The quantitative estimate of drug-likeness (QED) is 0.566. The van der Waals surface area contributed by atoms with Crippen LogP contribution in [0.2, 0.25) is 0 Å². The first kappa shape index (κ1) is 9.42. The monoisotopic (exact) mass is 193 g/mol. The minimum Gasteiger partial charge on any atom is -0.423 e. The van der Waals surface area contributed by atoms with Crippen molar-refractivity contribution in [2.24, 2.45) is 5.92 Å². The molecule has 0 saturated carbocycles. The number of aromatic nitrogens is 2. The van der Waals surface area contributed by atoms with Crippen LogP contribution in [-0.2, 0) is 0 Å². The molecule has 1 fully saturated rings. The van der Waals surface area contributed by atoms with Crippen LogP contribution in [0.15, 0.2) is 12.4 Å². The van der Waals surface area contributed by atoms with Crippen molar-refractivity contribution in [1.29, 1.82) is 0 Å². The number of rotatable bonds is 2. The van der Waals surface area contributed by atoms with E-state index in [0.717, 1.165) is 13.1 Å². The van der Waals surface area contributed by atoms with Gasteiger partial charge in [-0.05, 0) is 5.92 Å². The molecule has 2 rings (SSSR count). The van der Waals surface area contributed by atoms with E-state index in [1.807, 2.05) is 0 Å². The van der Waals surface area contributed by atoms with Gasteiger partial charge < -0.3 is 14.9 Å². The third-order valence-corrected chi connectivity index (χ3v) is 2.30. The van der Waals surface area contributed by atoms with E-state index in [9.17, 15) is 0 Å². The number of hydrogen-bond acceptors (Lipinski definition) is 5. The third-order valence-electron chi connectivity index (χ3n) is 2.30. The van der Waals surface area contributed by atoms with E-state index >= 15 is 0 Å². The predicted molar refractivity (Wildman–Crippen MR) is 53.2 cm³/mol. The lowest BCUT2D eigenvalue weighted by Gasteiger charge is -2.37. The Labute approximate surface area is 82.6 Å². The highest BCUT2D eigenvalue weighted by Crippen LogP contribution is 2.18. The van der Waals surface area contributed by atoms with Crippen molar-refractivity contribution in [1.82, 2.24) is 9.97 Å². The molecule has 6 heteroatoms. The highest BCUT2D eigenvalue weighted by Gasteiger charge is 2.24. The highest BCUT2D eigenvalue weighted by atomic mass is 16.4. The maximum atomic E-state index is 8.83. The largest absolute Gasteiger partial charge is 0.491 e. The number of anilines is 1. The van der Waals surface area contributed by atoms with Gasteiger partial charge in [0, 0.05) is 30.9 Å². The summed E-state index contributed by atoms with van der Waals surface area (Å²) in [4.78, 5) is 10.2. The van der Waals surface area contributed by atoms with Crippen LogP contribution < -0.4 is 10.4 Å². The van der Waals surface area contributed by atoms with Gasteiger partial charge in [-0.25, -0.2) is 9.97 Å². The van der Waals surface area contributed by atoms with Gasteiger partial charge in [0.15, 0.2) is 0 Å². The topological polar surface area (TPSA) is 69.5 Å². The van der Waals surface area contributed by atoms with E-state index < -0.39 is 7.12 Å². The molecule has 74 valence electrons. The molecule has 0 atom stereocenters. The van der Waals surface area contributed by atoms with E-state index in [-0.39, 0.29) is 0 Å². The minimum atomic E-state index is -1.49. The van der Waals surface area contributed by atoms with Crippen LogP contribution in [-0.4, -0.2) is 40.2 Å². The molecule has 0 aromatic carbocycles. The Morgan fingerprint density at radius 2 is 1.93 bits per heavy atom. The van der Waals surface area contributed by atoms with Crippen LogP contribution in [0.4, 0.5) is 5.95 Å². The molecule has 2 heterocycles. The SMILES string of the molecule is CC1CN(c2ncc(B(O)O)cn2)C1. The van der Waals surface area contributed by atoms with Crippen molar-refractivity contribution in [3.05, 3.63) is 12.4 Å². The van der Waals surface area contributed by atoms with Crippen molar-refractivity contribution in [3.8, 4) is 0 Å². The molecule has 1 aromatic heterocycles. The van der Waals surface area contributed by atoms with Crippen LogP contribution in [0, 0.1) is 5.92 Å². The molecule has 0 radical (unpaired) electrons. The van der Waals surface area contributed by atoms with Crippen LogP contribution in [0.5, 0.6) is 0 Å². The van der Waals surface area contributed by atoms with E-state index in [4.69, 9.17) is 10.0 Å². The van der Waals surface area contributed by atoms with Gasteiger partial charge in [-0.15, -0.1) is 0 Å². The summed E-state index contributed by atoms with van der Waals surface area (Å²) in [6.07, 6.45) is 2.88. The van der Waals surface area contributed by atoms with Crippen molar-refractivity contribution in [2.45, 2.75) is 6.92 Å². The Morgan fingerprint density at radius 1 is 1.36 bits per heavy atom. The molecule has 0 unspecified atom stereocenters. The second-order valence-electron chi connectivity index (χ2n) is 3.70. The standard InChI is InChI=1S/C8H12BN3O2/c1-6-4-12(5-6)8-10-2-7(3-11-8)9(13)14/h2-3,6,13-14H,4-5H2,1H3. The first-order chi connectivity index (χ1) is 6.66. The fourth-order valence-electron chi connectivity index (χ4n) is 1.49. The van der Waals surface area contributed by atoms with E-state index in [1.165, 1.54) is 12.4 Å². The smallest absolute Gasteiger partial charge is 0.423 e. The molecule has 2 N–H and O–H groups in total. The van der Waals surface area contributed by atoms with Gasteiger partial charge in [-0.2, -0.15) is 0 Å². The third kappa shape index (κ3) is 1.71. The summed E-state index contributed by atoms with van der Waals surface area (Å²) in [5, 5.41) is 17.7. The Morgan fingerprint density at radius 3 is 2.36 bits per heavy atom. The fraction of sp³-hybridized carbons (Fsp3) is 0.500. The summed E-state index contributed by atoms with van der Waals surface area (Å²) in [7, 11) is -1.49. The zero-order chi connectivity index (χ0) is 10.1. The number of hydrogen-bond donors (Lipinski definition) is 2. The molecule has 0 spiro atoms. The second kappa shape index (κ2) is 3.55. The maximum absolute atomic E-state index is 8.83. The summed E-state index contributed by atoms with van der Waals surface area (Å²) < 4.78 is 0. The van der Waals surface area contributed by atoms with Crippen molar-refractivity contribution < 1.29 is 10.0 Å². The van der Waals surface area contributed by atoms with Gasteiger partial charge in [-0.1, -0.05) is 6.92 Å². The van der Waals surface area contributed by atoms with Crippen molar-refractivity contribution in [3.63, 3.8) is 0 Å². The predicted octanol–water partition coefficient (Wildman–Crippen LogP) is -1.39. The lowest BCUT2D eigenvalue weighted by molar-refractivity contribution is 0.424.